The number of aliphatic hydroxyl groups is 2. The zero-order valence-corrected chi connectivity index (χ0v) is 35.3. The van der Waals surface area contributed by atoms with E-state index in [4.69, 9.17) is 28.4 Å². The number of methoxy groups -OCH3 is 2. The van der Waals surface area contributed by atoms with E-state index in [9.17, 15) is 29.4 Å². The van der Waals surface area contributed by atoms with Crippen LogP contribution in [-0.4, -0.2) is 102 Å². The van der Waals surface area contributed by atoms with E-state index in [1.165, 1.54) is 21.1 Å². The molecule has 1 aliphatic heterocycles. The zero-order valence-electron chi connectivity index (χ0n) is 35.3. The molecular weight excluding hydrogens is 787 g/mol. The van der Waals surface area contributed by atoms with E-state index in [1.54, 1.807) is 119 Å². The van der Waals surface area contributed by atoms with Gasteiger partial charge < -0.3 is 44.0 Å². The van der Waals surface area contributed by atoms with Crippen molar-refractivity contribution < 1.29 is 62.6 Å². The molecule has 61 heavy (non-hydrogen) atoms. The number of amides is 1. The first-order valence-corrected chi connectivity index (χ1v) is 20.4. The molecule has 3 aromatic rings. The summed E-state index contributed by atoms with van der Waals surface area (Å²) >= 11 is 0. The summed E-state index contributed by atoms with van der Waals surface area (Å²) in [4.78, 5) is 70.7. The van der Waals surface area contributed by atoms with Gasteiger partial charge in [0, 0.05) is 38.2 Å². The van der Waals surface area contributed by atoms with E-state index in [-0.39, 0.29) is 35.5 Å². The number of rotatable bonds is 11. The van der Waals surface area contributed by atoms with E-state index in [0.29, 0.717) is 5.56 Å². The van der Waals surface area contributed by atoms with Crippen molar-refractivity contribution in [2.24, 2.45) is 22.7 Å². The van der Waals surface area contributed by atoms with Crippen molar-refractivity contribution >= 4 is 29.6 Å². The van der Waals surface area contributed by atoms with Crippen molar-refractivity contribution in [1.29, 1.82) is 0 Å². The summed E-state index contributed by atoms with van der Waals surface area (Å²) in [5.74, 6) is -6.10. The van der Waals surface area contributed by atoms with Gasteiger partial charge in [-0.1, -0.05) is 87.5 Å². The lowest BCUT2D eigenvalue weighted by Crippen LogP contribution is -2.81. The molecule has 1 amide bonds. The molecule has 3 N–H and O–H groups in total. The van der Waals surface area contributed by atoms with Crippen LogP contribution in [0.3, 0.4) is 0 Å². The topological polar surface area (TPSA) is 193 Å². The fourth-order valence-electron chi connectivity index (χ4n) is 10.4. The third kappa shape index (κ3) is 7.12. The third-order valence-electron chi connectivity index (χ3n) is 13.7. The SMILES string of the molecule is COC1=C2C(C)[C@@H](OC(=O)[C@H](O)[C@@H](NC(C)=O)c3ccccc3)C[C@@](O)([C@@H](OC(=O)c3ccccc3)[C@@H]3[C@]4(OC(=O)c5ccccc5)CO[C@@H]4C[C@H](OC)[C@@]3(C)C1=O)C2(C)C. The molecule has 1 unspecified atom stereocenters. The predicted octanol–water partition coefficient (Wildman–Crippen LogP) is 4.68. The highest BCUT2D eigenvalue weighted by molar-refractivity contribution is 6.01. The monoisotopic (exact) mass is 839 g/mol. The first kappa shape index (κ1) is 43.7. The van der Waals surface area contributed by atoms with E-state index in [0.717, 1.165) is 0 Å². The number of esters is 3. The van der Waals surface area contributed by atoms with Gasteiger partial charge in [0.1, 0.15) is 23.9 Å². The highest BCUT2D eigenvalue weighted by Crippen LogP contribution is 2.65. The number of ketones is 1. The lowest BCUT2D eigenvalue weighted by molar-refractivity contribution is -0.342. The van der Waals surface area contributed by atoms with Crippen molar-refractivity contribution in [3.05, 3.63) is 119 Å². The van der Waals surface area contributed by atoms with E-state index < -0.39 is 106 Å². The number of benzene rings is 3. The van der Waals surface area contributed by atoms with Crippen LogP contribution in [0.5, 0.6) is 0 Å². The Kier molecular flexibility index (Phi) is 11.8. The van der Waals surface area contributed by atoms with Crippen LogP contribution in [0.2, 0.25) is 0 Å². The standard InChI is InChI=1S/C47H53NO13/c1-26-31(59-43(54)36(50)35(48-27(2)49)28-17-11-8-12-18-28)24-47(55)40(60-41(52)29-19-13-9-14-20-29)38-45(5,39(51)37(57-7)34(26)44(47,3)4)32(56-6)23-33-46(38,25-58-33)61-42(53)30-21-15-10-16-22-30/h8-22,26,31-33,35-36,38,40,50,55H,23-25H2,1-7H3,(H,48,49)/t26?,31-,32-,33+,35-,36+,38-,40-,45+,46-,47+/m0/s1. The summed E-state index contributed by atoms with van der Waals surface area (Å²) in [5.41, 5.74) is -6.04. The van der Waals surface area contributed by atoms with Crippen molar-refractivity contribution in [2.45, 2.75) is 95.2 Å². The van der Waals surface area contributed by atoms with Gasteiger partial charge in [0.25, 0.3) is 0 Å². The van der Waals surface area contributed by atoms with Crippen molar-refractivity contribution in [2.75, 3.05) is 20.8 Å². The molecule has 0 aromatic heterocycles. The van der Waals surface area contributed by atoms with Crippen LogP contribution in [-0.2, 0) is 42.8 Å². The van der Waals surface area contributed by atoms with Crippen molar-refractivity contribution in [3.8, 4) is 0 Å². The molecule has 324 valence electrons. The molecule has 4 aliphatic rings. The van der Waals surface area contributed by atoms with Gasteiger partial charge in [0.15, 0.2) is 17.5 Å². The number of hydrogen-bond acceptors (Lipinski definition) is 13. The second-order valence-electron chi connectivity index (χ2n) is 17.2. The molecule has 2 bridgehead atoms. The zero-order chi connectivity index (χ0) is 44.1. The van der Waals surface area contributed by atoms with Crippen molar-refractivity contribution in [3.63, 3.8) is 0 Å². The molecule has 0 spiro atoms. The van der Waals surface area contributed by atoms with Crippen molar-refractivity contribution in [1.82, 2.24) is 5.32 Å². The molecule has 0 radical (unpaired) electrons. The second-order valence-corrected chi connectivity index (χ2v) is 17.2. The Labute approximate surface area is 354 Å². The van der Waals surface area contributed by atoms with Crippen LogP contribution in [0.1, 0.15) is 79.8 Å². The molecule has 14 heteroatoms. The van der Waals surface area contributed by atoms with E-state index >= 15 is 4.79 Å². The van der Waals surface area contributed by atoms with Crippen LogP contribution >= 0.6 is 0 Å². The Morgan fingerprint density at radius 1 is 0.852 bits per heavy atom. The first-order chi connectivity index (χ1) is 29.0. The Bertz CT molecular complexity index is 2190. The van der Waals surface area contributed by atoms with E-state index in [2.05, 4.69) is 5.32 Å². The smallest absolute Gasteiger partial charge is 0.338 e. The van der Waals surface area contributed by atoms with Gasteiger partial charge in [-0.05, 0) is 42.3 Å². The highest BCUT2D eigenvalue weighted by Gasteiger charge is 2.78. The maximum atomic E-state index is 15.7. The minimum Gasteiger partial charge on any atom is -0.493 e. The quantitative estimate of drug-likeness (QED) is 0.178. The number of nitrogens with one attached hydrogen (secondary N) is 1. The number of fused-ring (bicyclic) bond motifs is 5. The van der Waals surface area contributed by atoms with E-state index in [1.807, 2.05) is 0 Å². The molecule has 3 aromatic carbocycles. The van der Waals surface area contributed by atoms with Gasteiger partial charge in [-0.25, -0.2) is 14.4 Å². The Morgan fingerprint density at radius 3 is 1.95 bits per heavy atom. The number of hydrogen-bond donors (Lipinski definition) is 3. The normalized spacial score (nSPS) is 32.2. The molecule has 11 atom stereocenters. The molecule has 3 fully saturated rings. The molecule has 2 saturated carbocycles. The third-order valence-corrected chi connectivity index (χ3v) is 13.7. The Morgan fingerprint density at radius 2 is 1.43 bits per heavy atom. The number of allylic oxidation sites excluding steroid dienone is 1. The van der Waals surface area contributed by atoms with Gasteiger partial charge in [-0.2, -0.15) is 0 Å². The molecule has 14 nitrogen and oxygen atoms in total. The number of carbonyl (C=O) groups is 5. The van der Waals surface area contributed by atoms with Crippen LogP contribution in [0.15, 0.2) is 102 Å². The fourth-order valence-corrected chi connectivity index (χ4v) is 10.4. The molecule has 1 saturated heterocycles. The minimum atomic E-state index is -2.23. The molecule has 1 heterocycles. The maximum absolute atomic E-state index is 15.7. The number of carbonyl (C=O) groups excluding carboxylic acids is 5. The van der Waals surface area contributed by atoms with Crippen LogP contribution in [0, 0.1) is 22.7 Å². The summed E-state index contributed by atoms with van der Waals surface area (Å²) in [7, 11) is 2.77. The minimum absolute atomic E-state index is 0.0926. The van der Waals surface area contributed by atoms with Crippen LogP contribution in [0.25, 0.3) is 0 Å². The number of aliphatic hydroxyl groups excluding tert-OH is 1. The number of ether oxygens (including phenoxy) is 6. The number of Topliss-reactive ketones (excluding diaryl/α,β-unsaturated/α-hetero) is 1. The van der Waals surface area contributed by atoms with Gasteiger partial charge >= 0.3 is 17.9 Å². The predicted molar refractivity (Wildman–Crippen MR) is 217 cm³/mol. The average Bonchev–Trinajstić information content (AvgIpc) is 3.24. The average molecular weight is 840 g/mol. The van der Waals surface area contributed by atoms with Gasteiger partial charge in [0.2, 0.25) is 11.7 Å². The Hall–Kier alpha value is -5.41. The van der Waals surface area contributed by atoms with Gasteiger partial charge in [-0.15, -0.1) is 0 Å². The largest absolute Gasteiger partial charge is 0.493 e. The first-order valence-electron chi connectivity index (χ1n) is 20.4. The summed E-state index contributed by atoms with van der Waals surface area (Å²) < 4.78 is 37.5. The molecule has 3 aliphatic carbocycles. The lowest BCUT2D eigenvalue weighted by Gasteiger charge is -2.67. The molecule has 7 rings (SSSR count). The fraction of sp³-hybridized carbons (Fsp3) is 0.468. The summed E-state index contributed by atoms with van der Waals surface area (Å²) in [6.45, 7) is 7.78. The highest BCUT2D eigenvalue weighted by atomic mass is 16.6. The summed E-state index contributed by atoms with van der Waals surface area (Å²) in [6.07, 6.45) is -6.97. The summed E-state index contributed by atoms with van der Waals surface area (Å²) in [5, 5.41) is 28.0. The van der Waals surface area contributed by atoms with Gasteiger partial charge in [0.05, 0.1) is 48.3 Å². The molecular formula is C47H53NO13. The maximum Gasteiger partial charge on any atom is 0.338 e. The second kappa shape index (κ2) is 16.5. The lowest BCUT2D eigenvalue weighted by atomic mass is 9.45. The van der Waals surface area contributed by atoms with Gasteiger partial charge in [-0.3, -0.25) is 9.59 Å². The Balaban J connectivity index is 1.42. The van der Waals surface area contributed by atoms with Crippen LogP contribution in [0.4, 0.5) is 0 Å². The van der Waals surface area contributed by atoms with Crippen LogP contribution < -0.4 is 5.32 Å². The summed E-state index contributed by atoms with van der Waals surface area (Å²) in [6, 6.07) is 23.6.